The molecular formula is C61H104N4O40S4. The average molecular weight is 1660 g/mol. The molecule has 0 spiro atoms. The normalized spacial score (nSPS) is 40.8. The summed E-state index contributed by atoms with van der Waals surface area (Å²) in [6.07, 6.45) is -27.5. The first-order valence-electron chi connectivity index (χ1n) is 35.1. The third-order valence-corrected chi connectivity index (χ3v) is 21.8. The Morgan fingerprint density at radius 3 is 0.844 bits per heavy atom. The van der Waals surface area contributed by atoms with Crippen LogP contribution in [0, 0.1) is 23.7 Å². The van der Waals surface area contributed by atoms with Crippen LogP contribution in [0.3, 0.4) is 0 Å². The predicted molar refractivity (Wildman–Crippen MR) is 358 cm³/mol. The quantitative estimate of drug-likeness (QED) is 0.0288. The van der Waals surface area contributed by atoms with E-state index in [4.69, 9.17) is 103 Å². The Balaban J connectivity index is 0.939. The molecule has 44 nitrogen and oxygen atoms in total. The van der Waals surface area contributed by atoms with Gasteiger partial charge >= 0.3 is 41.6 Å². The summed E-state index contributed by atoms with van der Waals surface area (Å²) in [7, 11) is -14.8. The third-order valence-electron chi connectivity index (χ3n) is 20.0. The lowest BCUT2D eigenvalue weighted by Crippen LogP contribution is -2.65. The molecule has 0 aromatic carbocycles. The molecule has 48 heteroatoms. The molecule has 0 aromatic heterocycles. The van der Waals surface area contributed by atoms with E-state index in [1.807, 2.05) is 0 Å². The predicted octanol–water partition coefficient (Wildman–Crippen LogP) is -3.11. The second kappa shape index (κ2) is 39.9. The van der Waals surface area contributed by atoms with E-state index in [2.05, 4.69) is 25.5 Å². The highest BCUT2D eigenvalue weighted by molar-refractivity contribution is 7.81. The molecule has 8 saturated heterocycles. The van der Waals surface area contributed by atoms with Crippen molar-refractivity contribution in [3.63, 3.8) is 0 Å². The van der Waals surface area contributed by atoms with Gasteiger partial charge in [0.1, 0.15) is 48.8 Å². The van der Waals surface area contributed by atoms with Crippen LogP contribution in [0.1, 0.15) is 88.0 Å². The molecule has 8 heterocycles. The number of aliphatic hydroxyl groups excluding tert-OH is 1. The van der Waals surface area contributed by atoms with Gasteiger partial charge in [-0.3, -0.25) is 37.4 Å². The highest BCUT2D eigenvalue weighted by Crippen LogP contribution is 2.41. The van der Waals surface area contributed by atoms with Gasteiger partial charge < -0.3 is 116 Å². The van der Waals surface area contributed by atoms with E-state index < -0.39 is 281 Å². The molecule has 109 heavy (non-hydrogen) atoms. The lowest BCUT2D eigenvalue weighted by atomic mass is 9.85. The molecule has 0 bridgehead atoms. The van der Waals surface area contributed by atoms with Crippen molar-refractivity contribution < 1.29 is 183 Å². The molecule has 9 N–H and O–H groups in total. The number of nitrogens with one attached hydrogen (secondary N) is 4. The van der Waals surface area contributed by atoms with E-state index in [0.29, 0.717) is 0 Å². The number of amides is 4. The molecule has 32 atom stereocenters. The Kier molecular flexibility index (Phi) is 33.4. The summed E-state index contributed by atoms with van der Waals surface area (Å²) in [5, 5.41) is 21.6. The van der Waals surface area contributed by atoms with Crippen molar-refractivity contribution >= 4 is 65.2 Å². The Morgan fingerprint density at radius 1 is 0.349 bits per heavy atom. The zero-order chi connectivity index (χ0) is 80.4. The maximum absolute atomic E-state index is 13.1. The minimum atomic E-state index is -5.17. The van der Waals surface area contributed by atoms with Crippen LogP contribution in [-0.4, -0.2) is 334 Å². The monoisotopic (exact) mass is 1660 g/mol. The van der Waals surface area contributed by atoms with Crippen LogP contribution in [0.15, 0.2) is 0 Å². The summed E-state index contributed by atoms with van der Waals surface area (Å²) in [5.74, 6) is -5.19. The number of methoxy groups -OCH3 is 4. The molecule has 0 aliphatic carbocycles. The van der Waals surface area contributed by atoms with Crippen LogP contribution < -0.4 is 21.3 Å². The smallest absolute Gasteiger partial charge is 0.388 e. The standard InChI is InChI=1S/C61H104N4O40S4/c1-26-51(62-31(6)66)30(5)95-43(22-91-106(71,72)73)55(26)103-48-15-37(84-11)40(19-88-48)96-60-53(64-33(8)68)28(3)57(45(100-60)24-93-108(77,78)79)105-50-17-39(86-13)42(21-90-50)98-61-54(65-34(9)69)29(4)58(46(101-61)25-94-109(80,81)82)104-49-16-38(85-12)41(20-89-49)97-59-52(63-32(7)67)27(2)56(44(99-59)23-92-107(74,75)76)102-47-14-36(83-10)35(70)18-87-47/h26-30,35-61,70H,14-25H2,1-13H3,(H,62,66)(H,63,67)(H,64,68)(H,65,69)(H,71,72,73)(H,74,75,76)(H,77,78,79)(H,80,81,82)/t26-,27-,28-,29-,30+,35-,36+,37+,38+,39+,40+,41+,42+,43?,44?,45?,46?,47+,48+,49+,50+,51?,52?,53?,54?,55+,56+,57+,58+,59-,60-,61-/m1/s1. The number of hydrogen-bond acceptors (Lipinski definition) is 36. The van der Waals surface area contributed by atoms with Crippen molar-refractivity contribution in [2.75, 3.05) is 81.3 Å². The number of aliphatic hydroxyl groups is 1. The summed E-state index contributed by atoms with van der Waals surface area (Å²) in [6, 6.07) is -3.91. The fraction of sp³-hybridized carbons (Fsp3) is 0.934. The Morgan fingerprint density at radius 2 is 0.587 bits per heavy atom. The van der Waals surface area contributed by atoms with Crippen LogP contribution >= 0.6 is 0 Å². The molecule has 8 aliphatic heterocycles. The van der Waals surface area contributed by atoms with Gasteiger partial charge in [-0.25, -0.2) is 16.7 Å². The minimum Gasteiger partial charge on any atom is -0.388 e. The second-order valence-electron chi connectivity index (χ2n) is 27.8. The summed E-state index contributed by atoms with van der Waals surface area (Å²) >= 11 is 0. The van der Waals surface area contributed by atoms with Crippen LogP contribution in [0.2, 0.25) is 0 Å². The van der Waals surface area contributed by atoms with Gasteiger partial charge in [-0.05, 0) is 6.92 Å². The van der Waals surface area contributed by atoms with Crippen LogP contribution in [0.5, 0.6) is 0 Å². The van der Waals surface area contributed by atoms with Gasteiger partial charge in [0.05, 0.1) is 132 Å². The molecule has 0 saturated carbocycles. The van der Waals surface area contributed by atoms with Gasteiger partial charge in [0.15, 0.2) is 44.0 Å². The van der Waals surface area contributed by atoms with Gasteiger partial charge in [0, 0.05) is 105 Å². The average Bonchev–Trinajstić information content (AvgIpc) is 0.791. The van der Waals surface area contributed by atoms with Crippen molar-refractivity contribution in [2.24, 2.45) is 23.7 Å². The van der Waals surface area contributed by atoms with Crippen LogP contribution in [0.25, 0.3) is 0 Å². The summed E-state index contributed by atoms with van der Waals surface area (Å²) in [5.41, 5.74) is 0. The van der Waals surface area contributed by atoms with Crippen molar-refractivity contribution in [1.82, 2.24) is 21.3 Å². The van der Waals surface area contributed by atoms with E-state index in [9.17, 15) is 76.2 Å². The fourth-order valence-corrected chi connectivity index (χ4v) is 16.0. The maximum atomic E-state index is 13.1. The van der Waals surface area contributed by atoms with Crippen LogP contribution in [-0.2, 0) is 168 Å². The largest absolute Gasteiger partial charge is 0.397 e. The second-order valence-corrected chi connectivity index (χ2v) is 32.1. The SMILES string of the molecule is CO[C@H]1C[C@H](O[C@@H]2C(COS(=O)(=O)O)O[C@@H](O[C@H]3CO[C@@H](O[C@@H]4C(COS(=O)(=O)O)O[C@@H](O[C@H]5CO[C@@H](O[C@@H]6C(COS(=O)(=O)O)O[C@@H](O[C@H]7CO[C@@H](O[C@@H]8C(COS(=O)(=O)O)O[C@@H](C)C(NC(C)=O)[C@H]8C)C[C@@H]7OC)C(NC(C)=O)[C@H]6C)C[C@@H]5OC)C(NC(C)=O)[C@H]4C)C[C@@H]3OC)C(NC(C)=O)[C@H]2C)OC[C@H]1O. The third kappa shape index (κ3) is 26.3. The number of hydrogen-bond donors (Lipinski definition) is 9. The number of rotatable bonds is 34. The summed E-state index contributed by atoms with van der Waals surface area (Å²) in [4.78, 5) is 51.1. The van der Waals surface area contributed by atoms with Crippen molar-refractivity contribution in [3.8, 4) is 0 Å². The first kappa shape index (κ1) is 91.1. The molecular weight excluding hydrogens is 1560 g/mol. The van der Waals surface area contributed by atoms with E-state index in [0.717, 1.165) is 0 Å². The number of carbonyl (C=O) groups excluding carboxylic acids is 4. The Labute approximate surface area is 631 Å². The van der Waals surface area contributed by atoms with Gasteiger partial charge in [-0.15, -0.1) is 0 Å². The van der Waals surface area contributed by atoms with Gasteiger partial charge in [0.25, 0.3) is 0 Å². The Bertz CT molecular complexity index is 3430. The zero-order valence-electron chi connectivity index (χ0n) is 62.1. The van der Waals surface area contributed by atoms with Gasteiger partial charge in [-0.1, -0.05) is 27.7 Å². The highest BCUT2D eigenvalue weighted by Gasteiger charge is 2.55. The van der Waals surface area contributed by atoms with Gasteiger partial charge in [0.2, 0.25) is 23.6 Å². The fourth-order valence-electron chi connectivity index (χ4n) is 14.8. The molecule has 0 radical (unpaired) electrons. The molecule has 8 fully saturated rings. The molecule has 632 valence electrons. The van der Waals surface area contributed by atoms with E-state index in [1.165, 1.54) is 56.1 Å². The minimum absolute atomic E-state index is 0.0388. The summed E-state index contributed by atoms with van der Waals surface area (Å²) in [6.45, 7) is 8.84. The lowest BCUT2D eigenvalue weighted by molar-refractivity contribution is -0.346. The van der Waals surface area contributed by atoms with E-state index in [-0.39, 0.29) is 58.0 Å². The topological polar surface area (TPSA) is 566 Å². The molecule has 8 aliphatic rings. The zero-order valence-corrected chi connectivity index (χ0v) is 65.4. The highest BCUT2D eigenvalue weighted by atomic mass is 32.3. The first-order valence-corrected chi connectivity index (χ1v) is 40.5. The van der Waals surface area contributed by atoms with Gasteiger partial charge in [-0.2, -0.15) is 33.7 Å². The Hall–Kier alpha value is -3.44. The van der Waals surface area contributed by atoms with Crippen molar-refractivity contribution in [2.45, 2.75) is 260 Å². The van der Waals surface area contributed by atoms with Crippen molar-refractivity contribution in [1.29, 1.82) is 0 Å². The lowest BCUT2D eigenvalue weighted by Gasteiger charge is -2.50. The van der Waals surface area contributed by atoms with E-state index >= 15 is 0 Å². The molecule has 4 amide bonds. The summed E-state index contributed by atoms with van der Waals surface area (Å²) < 4.78 is 271. The number of ether oxygens (including phenoxy) is 19. The van der Waals surface area contributed by atoms with E-state index in [1.54, 1.807) is 34.6 Å². The maximum Gasteiger partial charge on any atom is 0.397 e. The molecule has 0 aromatic rings. The molecule has 8 unspecified atom stereocenters. The van der Waals surface area contributed by atoms with Crippen LogP contribution in [0.4, 0.5) is 0 Å². The first-order chi connectivity index (χ1) is 51.0. The van der Waals surface area contributed by atoms with Crippen molar-refractivity contribution in [3.05, 3.63) is 0 Å². The molecule has 8 rings (SSSR count). The number of carbonyl (C=O) groups is 4.